The molecule has 4 heteroatoms. The van der Waals surface area contributed by atoms with Gasteiger partial charge in [-0.05, 0) is 17.7 Å². The second-order valence-electron chi connectivity index (χ2n) is 4.88. The molecule has 0 amide bonds. The third-order valence-electron chi connectivity index (χ3n) is 3.64. The molecule has 104 valence electrons. The molecule has 0 saturated heterocycles. The van der Waals surface area contributed by atoms with Gasteiger partial charge < -0.3 is 15.2 Å². The summed E-state index contributed by atoms with van der Waals surface area (Å²) in [6, 6.07) is 12.0. The van der Waals surface area contributed by atoms with E-state index in [-0.39, 0.29) is 11.9 Å². The van der Waals surface area contributed by atoms with Gasteiger partial charge in [-0.25, -0.2) is 4.39 Å². The Morgan fingerprint density at radius 3 is 2.80 bits per heavy atom. The lowest BCUT2D eigenvalue weighted by Crippen LogP contribution is -2.30. The van der Waals surface area contributed by atoms with E-state index in [1.807, 2.05) is 24.3 Å². The molecule has 2 aromatic rings. The molecule has 1 heterocycles. The molecule has 0 spiro atoms. The molecule has 0 aliphatic carbocycles. The Kier molecular flexibility index (Phi) is 3.32. The van der Waals surface area contributed by atoms with Crippen LogP contribution in [0.5, 0.6) is 11.5 Å². The minimum atomic E-state index is -0.506. The molecule has 2 atom stereocenters. The Morgan fingerprint density at radius 1 is 1.30 bits per heavy atom. The first-order chi connectivity index (χ1) is 9.69. The first-order valence-corrected chi connectivity index (χ1v) is 6.52. The monoisotopic (exact) mass is 273 g/mol. The lowest BCUT2D eigenvalue weighted by atomic mass is 9.98. The number of rotatable bonds is 3. The van der Waals surface area contributed by atoms with Crippen molar-refractivity contribution in [1.82, 2.24) is 0 Å². The van der Waals surface area contributed by atoms with Gasteiger partial charge in [-0.2, -0.15) is 0 Å². The van der Waals surface area contributed by atoms with E-state index < -0.39 is 6.04 Å². The molecule has 3 rings (SSSR count). The van der Waals surface area contributed by atoms with Crippen LogP contribution in [-0.4, -0.2) is 13.2 Å². The van der Waals surface area contributed by atoms with E-state index >= 15 is 0 Å². The standard InChI is InChI=1S/C16H16FNO2/c1-19-11-6-7-12(13(17)9-11)16(18)15-8-10-4-2-3-5-14(10)20-15/h2-7,9,15-16H,8,18H2,1H3. The van der Waals surface area contributed by atoms with E-state index in [0.29, 0.717) is 17.7 Å². The summed E-state index contributed by atoms with van der Waals surface area (Å²) in [4.78, 5) is 0. The Balaban J connectivity index is 1.82. The summed E-state index contributed by atoms with van der Waals surface area (Å²) in [6.07, 6.45) is 0.457. The molecule has 0 radical (unpaired) electrons. The van der Waals surface area contributed by atoms with Crippen molar-refractivity contribution in [2.75, 3.05) is 7.11 Å². The van der Waals surface area contributed by atoms with Crippen LogP contribution in [0.2, 0.25) is 0 Å². The van der Waals surface area contributed by atoms with Crippen molar-refractivity contribution in [1.29, 1.82) is 0 Å². The number of benzene rings is 2. The van der Waals surface area contributed by atoms with Gasteiger partial charge in [0.1, 0.15) is 23.4 Å². The molecule has 2 unspecified atom stereocenters. The topological polar surface area (TPSA) is 44.5 Å². The smallest absolute Gasteiger partial charge is 0.131 e. The number of hydrogen-bond acceptors (Lipinski definition) is 3. The fourth-order valence-electron chi connectivity index (χ4n) is 2.51. The lowest BCUT2D eigenvalue weighted by Gasteiger charge is -2.20. The Morgan fingerprint density at radius 2 is 2.10 bits per heavy atom. The highest BCUT2D eigenvalue weighted by Crippen LogP contribution is 2.34. The second-order valence-corrected chi connectivity index (χ2v) is 4.88. The number of fused-ring (bicyclic) bond motifs is 1. The predicted octanol–water partition coefficient (Wildman–Crippen LogP) is 2.84. The number of halogens is 1. The highest BCUT2D eigenvalue weighted by atomic mass is 19.1. The molecule has 2 aromatic carbocycles. The normalized spacial score (nSPS) is 18.2. The average molecular weight is 273 g/mol. The van der Waals surface area contributed by atoms with Gasteiger partial charge in [0.25, 0.3) is 0 Å². The third-order valence-corrected chi connectivity index (χ3v) is 3.64. The van der Waals surface area contributed by atoms with Gasteiger partial charge in [0, 0.05) is 18.1 Å². The van der Waals surface area contributed by atoms with Gasteiger partial charge in [-0.15, -0.1) is 0 Å². The molecule has 3 nitrogen and oxygen atoms in total. The zero-order valence-electron chi connectivity index (χ0n) is 11.2. The van der Waals surface area contributed by atoms with Crippen molar-refractivity contribution in [2.24, 2.45) is 5.73 Å². The highest BCUT2D eigenvalue weighted by molar-refractivity contribution is 5.39. The van der Waals surface area contributed by atoms with Crippen LogP contribution >= 0.6 is 0 Å². The maximum absolute atomic E-state index is 14.1. The van der Waals surface area contributed by atoms with E-state index in [4.69, 9.17) is 15.2 Å². The van der Waals surface area contributed by atoms with Crippen LogP contribution in [0.15, 0.2) is 42.5 Å². The first-order valence-electron chi connectivity index (χ1n) is 6.52. The molecule has 0 aromatic heterocycles. The number of methoxy groups -OCH3 is 1. The van der Waals surface area contributed by atoms with Crippen molar-refractivity contribution in [3.63, 3.8) is 0 Å². The van der Waals surface area contributed by atoms with Crippen LogP contribution in [0, 0.1) is 5.82 Å². The summed E-state index contributed by atoms with van der Waals surface area (Å²) in [5.74, 6) is 0.951. The Labute approximate surface area is 117 Å². The molecule has 1 aliphatic rings. The van der Waals surface area contributed by atoms with Crippen molar-refractivity contribution in [3.8, 4) is 11.5 Å². The Hall–Kier alpha value is -2.07. The zero-order valence-corrected chi connectivity index (χ0v) is 11.2. The summed E-state index contributed by atoms with van der Waals surface area (Å²) in [6.45, 7) is 0. The molecule has 0 saturated carbocycles. The lowest BCUT2D eigenvalue weighted by molar-refractivity contribution is 0.197. The van der Waals surface area contributed by atoms with Crippen LogP contribution in [0.4, 0.5) is 4.39 Å². The van der Waals surface area contributed by atoms with Gasteiger partial charge >= 0.3 is 0 Å². The molecule has 1 aliphatic heterocycles. The van der Waals surface area contributed by atoms with Crippen molar-refractivity contribution < 1.29 is 13.9 Å². The van der Waals surface area contributed by atoms with E-state index in [0.717, 1.165) is 11.3 Å². The van der Waals surface area contributed by atoms with Gasteiger partial charge in [-0.3, -0.25) is 0 Å². The predicted molar refractivity (Wildman–Crippen MR) is 74.4 cm³/mol. The van der Waals surface area contributed by atoms with Gasteiger partial charge in [0.05, 0.1) is 13.2 Å². The molecule has 0 fully saturated rings. The SMILES string of the molecule is COc1ccc(C(N)C2Cc3ccccc3O2)c(F)c1. The quantitative estimate of drug-likeness (QED) is 0.935. The molecular weight excluding hydrogens is 257 g/mol. The fraction of sp³-hybridized carbons (Fsp3) is 0.250. The second kappa shape index (κ2) is 5.13. The number of nitrogens with two attached hydrogens (primary N) is 1. The third kappa shape index (κ3) is 2.23. The van der Waals surface area contributed by atoms with Crippen LogP contribution in [0.3, 0.4) is 0 Å². The highest BCUT2D eigenvalue weighted by Gasteiger charge is 2.30. The zero-order chi connectivity index (χ0) is 14.1. The van der Waals surface area contributed by atoms with Crippen molar-refractivity contribution >= 4 is 0 Å². The summed E-state index contributed by atoms with van der Waals surface area (Å²) >= 11 is 0. The van der Waals surface area contributed by atoms with Gasteiger partial charge in [0.2, 0.25) is 0 Å². The number of ether oxygens (including phenoxy) is 2. The van der Waals surface area contributed by atoms with E-state index in [2.05, 4.69) is 0 Å². The molecule has 20 heavy (non-hydrogen) atoms. The largest absolute Gasteiger partial charge is 0.497 e. The van der Waals surface area contributed by atoms with E-state index in [9.17, 15) is 4.39 Å². The number of hydrogen-bond donors (Lipinski definition) is 1. The number of para-hydroxylation sites is 1. The fourth-order valence-corrected chi connectivity index (χ4v) is 2.51. The Bertz CT molecular complexity index is 605. The van der Waals surface area contributed by atoms with Crippen LogP contribution in [-0.2, 0) is 6.42 Å². The summed E-state index contributed by atoms with van der Waals surface area (Å²) in [5.41, 5.74) is 7.73. The molecule has 2 N–H and O–H groups in total. The van der Waals surface area contributed by atoms with Gasteiger partial charge in [0.15, 0.2) is 0 Å². The van der Waals surface area contributed by atoms with Crippen molar-refractivity contribution in [3.05, 3.63) is 59.4 Å². The van der Waals surface area contributed by atoms with E-state index in [1.54, 1.807) is 12.1 Å². The minimum absolute atomic E-state index is 0.240. The average Bonchev–Trinajstić information content (AvgIpc) is 2.90. The molecule has 0 bridgehead atoms. The maximum Gasteiger partial charge on any atom is 0.131 e. The summed E-state index contributed by atoms with van der Waals surface area (Å²) in [7, 11) is 1.51. The first kappa shape index (κ1) is 12.9. The maximum atomic E-state index is 14.1. The van der Waals surface area contributed by atoms with E-state index in [1.165, 1.54) is 13.2 Å². The summed E-state index contributed by atoms with van der Waals surface area (Å²) in [5, 5.41) is 0. The minimum Gasteiger partial charge on any atom is -0.497 e. The molecular formula is C16H16FNO2. The summed E-state index contributed by atoms with van der Waals surface area (Å²) < 4.78 is 24.9. The van der Waals surface area contributed by atoms with Crippen LogP contribution in [0.1, 0.15) is 17.2 Å². The van der Waals surface area contributed by atoms with Crippen molar-refractivity contribution in [2.45, 2.75) is 18.6 Å². The van der Waals surface area contributed by atoms with Crippen LogP contribution < -0.4 is 15.2 Å². The van der Waals surface area contributed by atoms with Crippen LogP contribution in [0.25, 0.3) is 0 Å². The van der Waals surface area contributed by atoms with Gasteiger partial charge in [-0.1, -0.05) is 24.3 Å².